The molecule has 1 saturated carbocycles. The Bertz CT molecular complexity index is 555. The standard InChI is InChI=1S/C15H21N3O/c1-15(10-19-2)7-5-11(6-8-15)13-14-12(17-18-13)4-3-9-16-14/h3-4,9,11H,5-8,10H2,1-2H3,(H,17,18). The van der Waals surface area contributed by atoms with Crippen molar-refractivity contribution in [1.29, 1.82) is 0 Å². The van der Waals surface area contributed by atoms with Gasteiger partial charge in [0.1, 0.15) is 11.0 Å². The van der Waals surface area contributed by atoms with Crippen LogP contribution in [0.15, 0.2) is 18.3 Å². The van der Waals surface area contributed by atoms with Crippen molar-refractivity contribution >= 4 is 11.0 Å². The fourth-order valence-electron chi connectivity index (χ4n) is 3.25. The molecule has 1 N–H and O–H groups in total. The summed E-state index contributed by atoms with van der Waals surface area (Å²) in [6.07, 6.45) is 6.64. The van der Waals surface area contributed by atoms with E-state index in [1.807, 2.05) is 18.3 Å². The molecule has 2 aromatic heterocycles. The molecule has 1 fully saturated rings. The average Bonchev–Trinajstić information content (AvgIpc) is 2.84. The highest BCUT2D eigenvalue weighted by atomic mass is 16.5. The quantitative estimate of drug-likeness (QED) is 0.920. The Balaban J connectivity index is 1.78. The molecule has 0 spiro atoms. The zero-order valence-electron chi connectivity index (χ0n) is 11.6. The molecule has 0 radical (unpaired) electrons. The third kappa shape index (κ3) is 2.37. The summed E-state index contributed by atoms with van der Waals surface area (Å²) in [6.45, 7) is 3.19. The van der Waals surface area contributed by atoms with E-state index in [0.717, 1.165) is 17.6 Å². The topological polar surface area (TPSA) is 50.8 Å². The fraction of sp³-hybridized carbons (Fsp3) is 0.600. The van der Waals surface area contributed by atoms with Gasteiger partial charge in [-0.05, 0) is 43.2 Å². The van der Waals surface area contributed by atoms with Crippen LogP contribution < -0.4 is 0 Å². The first-order valence-corrected chi connectivity index (χ1v) is 7.00. The molecular weight excluding hydrogens is 238 g/mol. The number of hydrogen-bond acceptors (Lipinski definition) is 3. The molecule has 0 aromatic carbocycles. The Kier molecular flexibility index (Phi) is 3.27. The maximum absolute atomic E-state index is 5.35. The molecule has 4 heteroatoms. The highest BCUT2D eigenvalue weighted by Crippen LogP contribution is 2.43. The van der Waals surface area contributed by atoms with E-state index in [1.165, 1.54) is 31.4 Å². The van der Waals surface area contributed by atoms with Gasteiger partial charge in [-0.15, -0.1) is 0 Å². The van der Waals surface area contributed by atoms with E-state index >= 15 is 0 Å². The monoisotopic (exact) mass is 259 g/mol. The summed E-state index contributed by atoms with van der Waals surface area (Å²) in [5, 5.41) is 7.55. The summed E-state index contributed by atoms with van der Waals surface area (Å²) in [5.74, 6) is 0.560. The average molecular weight is 259 g/mol. The van der Waals surface area contributed by atoms with E-state index in [0.29, 0.717) is 11.3 Å². The van der Waals surface area contributed by atoms with Gasteiger partial charge in [0.15, 0.2) is 0 Å². The molecule has 0 unspecified atom stereocenters. The number of pyridine rings is 1. The van der Waals surface area contributed by atoms with Gasteiger partial charge in [-0.3, -0.25) is 10.1 Å². The third-order valence-corrected chi connectivity index (χ3v) is 4.43. The molecule has 4 nitrogen and oxygen atoms in total. The zero-order chi connectivity index (χ0) is 13.3. The SMILES string of the molecule is COCC1(C)CCC(c2[nH]nc3cccnc23)CC1. The van der Waals surface area contributed by atoms with Crippen LogP contribution in [0.2, 0.25) is 0 Å². The van der Waals surface area contributed by atoms with Crippen LogP contribution in [-0.4, -0.2) is 28.9 Å². The number of H-pyrrole nitrogens is 1. The van der Waals surface area contributed by atoms with E-state index in [1.54, 1.807) is 7.11 Å². The maximum atomic E-state index is 5.35. The van der Waals surface area contributed by atoms with Gasteiger partial charge in [0.05, 0.1) is 12.3 Å². The molecule has 3 rings (SSSR count). The highest BCUT2D eigenvalue weighted by molar-refractivity contribution is 5.76. The molecule has 1 aliphatic carbocycles. The van der Waals surface area contributed by atoms with Crippen molar-refractivity contribution in [1.82, 2.24) is 15.2 Å². The molecule has 1 aliphatic rings. The zero-order valence-corrected chi connectivity index (χ0v) is 11.6. The summed E-state index contributed by atoms with van der Waals surface area (Å²) in [7, 11) is 1.80. The van der Waals surface area contributed by atoms with Gasteiger partial charge >= 0.3 is 0 Å². The van der Waals surface area contributed by atoms with Crippen LogP contribution in [0.4, 0.5) is 0 Å². The summed E-state index contributed by atoms with van der Waals surface area (Å²) in [4.78, 5) is 4.47. The molecular formula is C15H21N3O. The molecule has 0 bridgehead atoms. The Labute approximate surface area is 113 Å². The summed E-state index contributed by atoms with van der Waals surface area (Å²) in [6, 6.07) is 3.95. The Morgan fingerprint density at radius 1 is 1.42 bits per heavy atom. The Hall–Kier alpha value is -1.42. The lowest BCUT2D eigenvalue weighted by molar-refractivity contribution is 0.0579. The van der Waals surface area contributed by atoms with Gasteiger partial charge < -0.3 is 4.74 Å². The van der Waals surface area contributed by atoms with Gasteiger partial charge in [0, 0.05) is 19.2 Å². The molecule has 19 heavy (non-hydrogen) atoms. The number of methoxy groups -OCH3 is 1. The van der Waals surface area contributed by atoms with Gasteiger partial charge in [0.2, 0.25) is 0 Å². The lowest BCUT2D eigenvalue weighted by Gasteiger charge is -2.36. The van der Waals surface area contributed by atoms with Crippen molar-refractivity contribution in [3.05, 3.63) is 24.0 Å². The van der Waals surface area contributed by atoms with Crippen LogP contribution in [0, 0.1) is 5.41 Å². The second kappa shape index (κ2) is 4.93. The number of aromatic nitrogens is 3. The lowest BCUT2D eigenvalue weighted by atomic mass is 9.71. The van der Waals surface area contributed by atoms with Gasteiger partial charge in [0.25, 0.3) is 0 Å². The van der Waals surface area contributed by atoms with Crippen molar-refractivity contribution in [2.45, 2.75) is 38.5 Å². The fourth-order valence-corrected chi connectivity index (χ4v) is 3.25. The van der Waals surface area contributed by atoms with Crippen molar-refractivity contribution in [3.8, 4) is 0 Å². The minimum Gasteiger partial charge on any atom is -0.384 e. The highest BCUT2D eigenvalue weighted by Gasteiger charge is 2.33. The molecule has 0 saturated heterocycles. The molecule has 102 valence electrons. The van der Waals surface area contributed by atoms with Gasteiger partial charge in [-0.1, -0.05) is 6.92 Å². The predicted molar refractivity (Wildman–Crippen MR) is 75.1 cm³/mol. The smallest absolute Gasteiger partial charge is 0.111 e. The third-order valence-electron chi connectivity index (χ3n) is 4.43. The number of nitrogens with one attached hydrogen (secondary N) is 1. The maximum Gasteiger partial charge on any atom is 0.111 e. The van der Waals surface area contributed by atoms with Crippen LogP contribution in [0.5, 0.6) is 0 Å². The Morgan fingerprint density at radius 2 is 2.21 bits per heavy atom. The molecule has 2 heterocycles. The van der Waals surface area contributed by atoms with Crippen molar-refractivity contribution < 1.29 is 4.74 Å². The van der Waals surface area contributed by atoms with Crippen molar-refractivity contribution in [3.63, 3.8) is 0 Å². The lowest BCUT2D eigenvalue weighted by Crippen LogP contribution is -2.28. The number of nitrogens with zero attached hydrogens (tertiary/aromatic N) is 2. The van der Waals surface area contributed by atoms with Gasteiger partial charge in [-0.2, -0.15) is 5.10 Å². The second-order valence-electron chi connectivity index (χ2n) is 6.03. The van der Waals surface area contributed by atoms with Crippen LogP contribution in [-0.2, 0) is 4.74 Å². The number of fused-ring (bicyclic) bond motifs is 1. The van der Waals surface area contributed by atoms with Crippen molar-refractivity contribution in [2.75, 3.05) is 13.7 Å². The van der Waals surface area contributed by atoms with Crippen LogP contribution >= 0.6 is 0 Å². The normalized spacial score (nSPS) is 27.8. The van der Waals surface area contributed by atoms with Crippen molar-refractivity contribution in [2.24, 2.45) is 5.41 Å². The van der Waals surface area contributed by atoms with Crippen LogP contribution in [0.3, 0.4) is 0 Å². The summed E-state index contributed by atoms with van der Waals surface area (Å²) < 4.78 is 5.35. The predicted octanol–water partition coefficient (Wildman–Crippen LogP) is 3.27. The number of rotatable bonds is 3. The summed E-state index contributed by atoms with van der Waals surface area (Å²) in [5.41, 5.74) is 3.58. The minimum atomic E-state index is 0.342. The molecule has 0 amide bonds. The number of hydrogen-bond donors (Lipinski definition) is 1. The first kappa shape index (κ1) is 12.6. The number of ether oxygens (including phenoxy) is 1. The minimum absolute atomic E-state index is 0.342. The second-order valence-corrected chi connectivity index (χ2v) is 6.03. The Morgan fingerprint density at radius 3 is 2.95 bits per heavy atom. The number of aromatic amines is 1. The van der Waals surface area contributed by atoms with E-state index in [4.69, 9.17) is 4.74 Å². The largest absolute Gasteiger partial charge is 0.384 e. The van der Waals surface area contributed by atoms with Gasteiger partial charge in [-0.25, -0.2) is 0 Å². The first-order valence-electron chi connectivity index (χ1n) is 7.00. The van der Waals surface area contributed by atoms with E-state index in [2.05, 4.69) is 22.1 Å². The van der Waals surface area contributed by atoms with Crippen LogP contribution in [0.1, 0.15) is 44.2 Å². The van der Waals surface area contributed by atoms with Crippen LogP contribution in [0.25, 0.3) is 11.0 Å². The molecule has 0 atom stereocenters. The molecule has 0 aliphatic heterocycles. The summed E-state index contributed by atoms with van der Waals surface area (Å²) >= 11 is 0. The van der Waals surface area contributed by atoms with E-state index in [9.17, 15) is 0 Å². The van der Waals surface area contributed by atoms with E-state index in [-0.39, 0.29) is 0 Å². The van der Waals surface area contributed by atoms with E-state index < -0.39 is 0 Å². The molecule has 2 aromatic rings. The first-order chi connectivity index (χ1) is 9.22.